The van der Waals surface area contributed by atoms with Gasteiger partial charge in [-0.15, -0.1) is 0 Å². The molecule has 0 saturated carbocycles. The van der Waals surface area contributed by atoms with Gasteiger partial charge in [0.05, 0.1) is 24.2 Å². The van der Waals surface area contributed by atoms with Gasteiger partial charge in [-0.05, 0) is 74.0 Å². The predicted molar refractivity (Wildman–Crippen MR) is 140 cm³/mol. The van der Waals surface area contributed by atoms with E-state index in [9.17, 15) is 0 Å². The number of benzene rings is 2. The molecule has 5 heteroatoms. The third-order valence-corrected chi connectivity index (χ3v) is 8.25. The van der Waals surface area contributed by atoms with Crippen LogP contribution < -0.4 is 9.47 Å². The number of ether oxygens (including phenoxy) is 2. The molecule has 2 aromatic heterocycles. The van der Waals surface area contributed by atoms with Crippen LogP contribution in [-0.2, 0) is 0 Å². The Hall–Kier alpha value is -3.18. The second kappa shape index (κ2) is 9.12. The van der Waals surface area contributed by atoms with Crippen molar-refractivity contribution in [3.05, 3.63) is 71.9 Å². The van der Waals surface area contributed by atoms with Crippen molar-refractivity contribution in [2.45, 2.75) is 45.3 Å². The van der Waals surface area contributed by atoms with Gasteiger partial charge < -0.3 is 9.47 Å². The van der Waals surface area contributed by atoms with E-state index in [1.54, 1.807) is 7.11 Å². The number of aryl methyl sites for hydroxylation is 1. The number of piperidine rings is 3. The second-order valence-electron chi connectivity index (χ2n) is 10.1. The fourth-order valence-electron chi connectivity index (χ4n) is 6.34. The third kappa shape index (κ3) is 4.02. The highest BCUT2D eigenvalue weighted by Gasteiger charge is 2.44. The van der Waals surface area contributed by atoms with Gasteiger partial charge in [-0.2, -0.15) is 0 Å². The molecule has 3 unspecified atom stereocenters. The molecule has 2 bridgehead atoms. The molecule has 4 aromatic rings. The quantitative estimate of drug-likeness (QED) is 0.331. The van der Waals surface area contributed by atoms with Crippen LogP contribution in [0, 0.1) is 18.8 Å². The largest absolute Gasteiger partial charge is 0.497 e. The van der Waals surface area contributed by atoms with Crippen molar-refractivity contribution in [1.82, 2.24) is 14.9 Å². The molecule has 0 amide bonds. The Kier molecular flexibility index (Phi) is 5.81. The third-order valence-electron chi connectivity index (χ3n) is 8.25. The maximum Gasteiger partial charge on any atom is 0.214 e. The standard InChI is InChI=1S/C30H33N3O2/c1-4-20-18-33-14-12-21(20)16-28(33)30(24-11-13-31-26-10-9-22(34-3)17-25(24)26)35-29-15-19(2)23-7-5-6-8-27(23)32-29/h5-11,13,15,17,20-21,28,30H,4,12,14,16,18H2,1-3H3/t20-,21?,28?,30+/m0/s1. The summed E-state index contributed by atoms with van der Waals surface area (Å²) in [7, 11) is 1.71. The lowest BCUT2D eigenvalue weighted by atomic mass is 9.72. The molecule has 2 aromatic carbocycles. The summed E-state index contributed by atoms with van der Waals surface area (Å²) in [6.07, 6.45) is 5.47. The van der Waals surface area contributed by atoms with E-state index in [0.29, 0.717) is 11.9 Å². The van der Waals surface area contributed by atoms with Gasteiger partial charge in [-0.1, -0.05) is 31.5 Å². The summed E-state index contributed by atoms with van der Waals surface area (Å²) in [5.74, 6) is 3.07. The van der Waals surface area contributed by atoms with E-state index in [1.807, 2.05) is 24.4 Å². The monoisotopic (exact) mass is 467 g/mol. The zero-order chi connectivity index (χ0) is 23.9. The lowest BCUT2D eigenvalue weighted by molar-refractivity contribution is -0.0492. The van der Waals surface area contributed by atoms with Crippen LogP contribution in [-0.4, -0.2) is 41.1 Å². The summed E-state index contributed by atoms with van der Waals surface area (Å²) < 4.78 is 12.5. The van der Waals surface area contributed by atoms with Crippen LogP contribution in [0.1, 0.15) is 43.4 Å². The van der Waals surface area contributed by atoms with Crippen molar-refractivity contribution in [2.24, 2.45) is 11.8 Å². The van der Waals surface area contributed by atoms with Crippen LogP contribution >= 0.6 is 0 Å². The van der Waals surface area contributed by atoms with E-state index in [4.69, 9.17) is 14.5 Å². The Morgan fingerprint density at radius 3 is 2.74 bits per heavy atom. The minimum atomic E-state index is -0.138. The number of pyridine rings is 2. The molecule has 0 radical (unpaired) electrons. The van der Waals surface area contributed by atoms with Gasteiger partial charge in [0.25, 0.3) is 0 Å². The summed E-state index contributed by atoms with van der Waals surface area (Å²) in [5, 5.41) is 2.26. The fourth-order valence-corrected chi connectivity index (χ4v) is 6.34. The van der Waals surface area contributed by atoms with Crippen molar-refractivity contribution in [3.63, 3.8) is 0 Å². The zero-order valence-electron chi connectivity index (χ0n) is 20.8. The predicted octanol–water partition coefficient (Wildman–Crippen LogP) is 6.34. The Labute approximate surface area is 207 Å². The molecule has 180 valence electrons. The highest BCUT2D eigenvalue weighted by molar-refractivity contribution is 5.84. The van der Waals surface area contributed by atoms with Crippen molar-refractivity contribution in [1.29, 1.82) is 0 Å². The number of hydrogen-bond donors (Lipinski definition) is 0. The van der Waals surface area contributed by atoms with Gasteiger partial charge in [0.2, 0.25) is 5.88 Å². The average molecular weight is 468 g/mol. The SMILES string of the molecule is CC[C@H]1CN2CCC1CC2[C@H](Oc1cc(C)c2ccccc2n1)c1ccnc2ccc(OC)cc12. The maximum atomic E-state index is 6.91. The first-order valence-corrected chi connectivity index (χ1v) is 12.8. The summed E-state index contributed by atoms with van der Waals surface area (Å²) >= 11 is 0. The Morgan fingerprint density at radius 1 is 1.06 bits per heavy atom. The number of methoxy groups -OCH3 is 1. The van der Waals surface area contributed by atoms with Gasteiger partial charge in [-0.25, -0.2) is 4.98 Å². The van der Waals surface area contributed by atoms with Gasteiger partial charge in [0.1, 0.15) is 11.9 Å². The molecule has 7 rings (SSSR count). The lowest BCUT2D eigenvalue weighted by Crippen LogP contribution is -2.56. The number of nitrogens with zero attached hydrogens (tertiary/aromatic N) is 3. The van der Waals surface area contributed by atoms with Gasteiger partial charge in [0, 0.05) is 35.1 Å². The Morgan fingerprint density at radius 2 is 1.94 bits per heavy atom. The summed E-state index contributed by atoms with van der Waals surface area (Å²) in [6, 6.07) is 18.9. The maximum absolute atomic E-state index is 6.91. The van der Waals surface area contributed by atoms with E-state index >= 15 is 0 Å². The topological polar surface area (TPSA) is 47.5 Å². The van der Waals surface area contributed by atoms with Crippen LogP contribution in [0.25, 0.3) is 21.8 Å². The molecule has 3 fully saturated rings. The van der Waals surface area contributed by atoms with E-state index in [0.717, 1.165) is 59.1 Å². The molecular weight excluding hydrogens is 434 g/mol. The number of fused-ring (bicyclic) bond motifs is 5. The molecule has 0 aliphatic carbocycles. The van der Waals surface area contributed by atoms with Gasteiger partial charge in [-0.3, -0.25) is 9.88 Å². The van der Waals surface area contributed by atoms with Crippen molar-refractivity contribution in [2.75, 3.05) is 20.2 Å². The molecule has 3 aliphatic rings. The van der Waals surface area contributed by atoms with E-state index < -0.39 is 0 Å². The summed E-state index contributed by atoms with van der Waals surface area (Å²) in [4.78, 5) is 12.2. The van der Waals surface area contributed by atoms with E-state index in [-0.39, 0.29) is 6.10 Å². The molecule has 35 heavy (non-hydrogen) atoms. The second-order valence-corrected chi connectivity index (χ2v) is 10.1. The molecule has 3 saturated heterocycles. The lowest BCUT2D eigenvalue weighted by Gasteiger charge is -2.51. The Balaban J connectivity index is 1.46. The number of rotatable bonds is 6. The molecule has 0 N–H and O–H groups in total. The Bertz CT molecular complexity index is 1370. The first-order chi connectivity index (χ1) is 17.1. The number of para-hydroxylation sites is 1. The van der Waals surface area contributed by atoms with Crippen LogP contribution in [0.3, 0.4) is 0 Å². The molecule has 5 atom stereocenters. The first kappa shape index (κ1) is 22.3. The van der Waals surface area contributed by atoms with E-state index in [2.05, 4.69) is 60.1 Å². The van der Waals surface area contributed by atoms with Crippen molar-refractivity contribution < 1.29 is 9.47 Å². The number of aromatic nitrogens is 2. The van der Waals surface area contributed by atoms with Crippen LogP contribution in [0.2, 0.25) is 0 Å². The minimum absolute atomic E-state index is 0.138. The summed E-state index contributed by atoms with van der Waals surface area (Å²) in [6.45, 7) is 6.76. The zero-order valence-corrected chi connectivity index (χ0v) is 20.8. The fraction of sp³-hybridized carbons (Fsp3) is 0.400. The van der Waals surface area contributed by atoms with Crippen molar-refractivity contribution >= 4 is 21.8 Å². The van der Waals surface area contributed by atoms with Crippen LogP contribution in [0.5, 0.6) is 11.6 Å². The summed E-state index contributed by atoms with van der Waals surface area (Å²) in [5.41, 5.74) is 4.27. The molecule has 5 nitrogen and oxygen atoms in total. The average Bonchev–Trinajstić information content (AvgIpc) is 2.91. The normalized spacial score (nSPS) is 24.5. The smallest absolute Gasteiger partial charge is 0.214 e. The number of hydrogen-bond acceptors (Lipinski definition) is 5. The van der Waals surface area contributed by atoms with E-state index in [1.165, 1.54) is 23.8 Å². The molecule has 0 spiro atoms. The van der Waals surface area contributed by atoms with Crippen LogP contribution in [0.4, 0.5) is 0 Å². The molecule has 3 aliphatic heterocycles. The highest BCUT2D eigenvalue weighted by atomic mass is 16.5. The van der Waals surface area contributed by atoms with Gasteiger partial charge in [0.15, 0.2) is 0 Å². The highest BCUT2D eigenvalue weighted by Crippen LogP contribution is 2.44. The molecule has 5 heterocycles. The van der Waals surface area contributed by atoms with Crippen LogP contribution in [0.15, 0.2) is 60.8 Å². The molecular formula is C30H33N3O2. The van der Waals surface area contributed by atoms with Gasteiger partial charge >= 0.3 is 0 Å². The van der Waals surface area contributed by atoms with Crippen molar-refractivity contribution in [3.8, 4) is 11.6 Å². The first-order valence-electron chi connectivity index (χ1n) is 12.8. The minimum Gasteiger partial charge on any atom is -0.497 e.